The summed E-state index contributed by atoms with van der Waals surface area (Å²) in [4.78, 5) is 25.8. The fourth-order valence-electron chi connectivity index (χ4n) is 3.80. The largest absolute Gasteiger partial charge is 0.373 e. The lowest BCUT2D eigenvalue weighted by atomic mass is 10.1. The summed E-state index contributed by atoms with van der Waals surface area (Å²) in [5.41, 5.74) is 1.85. The van der Waals surface area contributed by atoms with Gasteiger partial charge in [-0.1, -0.05) is 12.1 Å². The van der Waals surface area contributed by atoms with Crippen molar-refractivity contribution in [1.82, 2.24) is 15.3 Å². The molecule has 1 aromatic heterocycles. The smallest absolute Gasteiger partial charge is 0.216 e. The quantitative estimate of drug-likeness (QED) is 0.888. The molecule has 27 heavy (non-hydrogen) atoms. The van der Waals surface area contributed by atoms with Crippen molar-refractivity contribution >= 4 is 28.6 Å². The molecule has 7 heteroatoms. The van der Waals surface area contributed by atoms with Crippen molar-refractivity contribution in [3.8, 4) is 0 Å². The molecule has 1 atom stereocenters. The van der Waals surface area contributed by atoms with E-state index >= 15 is 0 Å². The van der Waals surface area contributed by atoms with E-state index in [0.29, 0.717) is 19.7 Å². The van der Waals surface area contributed by atoms with Gasteiger partial charge < -0.3 is 19.9 Å². The van der Waals surface area contributed by atoms with Gasteiger partial charge in [0.2, 0.25) is 5.91 Å². The maximum atomic E-state index is 11.2. The van der Waals surface area contributed by atoms with E-state index in [9.17, 15) is 4.79 Å². The molecule has 7 nitrogen and oxygen atoms in total. The zero-order valence-electron chi connectivity index (χ0n) is 15.9. The van der Waals surface area contributed by atoms with E-state index in [-0.39, 0.29) is 12.0 Å². The lowest BCUT2D eigenvalue weighted by Gasteiger charge is -2.37. The van der Waals surface area contributed by atoms with Crippen molar-refractivity contribution in [2.24, 2.45) is 0 Å². The molecule has 1 amide bonds. The summed E-state index contributed by atoms with van der Waals surface area (Å²) < 4.78 is 5.83. The van der Waals surface area contributed by atoms with Crippen LogP contribution in [0.1, 0.15) is 26.2 Å². The standard InChI is InChI=1S/C20H27N5O2/c1-15(26)21-13-16-14-25(11-12-27-16)20-19(24-9-5-2-6-10-24)22-17-7-3-4-8-18(17)23-20/h3-4,7-8,16H,2,5-6,9-14H2,1H3,(H,21,26). The zero-order valence-corrected chi connectivity index (χ0v) is 15.9. The van der Waals surface area contributed by atoms with Crippen molar-refractivity contribution in [2.45, 2.75) is 32.3 Å². The molecule has 0 spiro atoms. The zero-order chi connectivity index (χ0) is 18.6. The number of piperidine rings is 1. The summed E-state index contributed by atoms with van der Waals surface area (Å²) in [6.07, 6.45) is 3.64. The minimum absolute atomic E-state index is 0.0322. The van der Waals surface area contributed by atoms with Crippen LogP contribution in [0.25, 0.3) is 11.0 Å². The van der Waals surface area contributed by atoms with Gasteiger partial charge in [-0.05, 0) is 31.4 Å². The first-order valence-electron chi connectivity index (χ1n) is 9.83. The van der Waals surface area contributed by atoms with Crippen LogP contribution in [-0.2, 0) is 9.53 Å². The van der Waals surface area contributed by atoms with E-state index in [2.05, 4.69) is 15.1 Å². The highest BCUT2D eigenvalue weighted by Crippen LogP contribution is 2.31. The lowest BCUT2D eigenvalue weighted by molar-refractivity contribution is -0.119. The van der Waals surface area contributed by atoms with Gasteiger partial charge in [0.05, 0.1) is 23.7 Å². The molecule has 2 saturated heterocycles. The van der Waals surface area contributed by atoms with Crippen molar-refractivity contribution in [3.63, 3.8) is 0 Å². The predicted molar refractivity (Wildman–Crippen MR) is 106 cm³/mol. The topological polar surface area (TPSA) is 70.6 Å². The predicted octanol–water partition coefficient (Wildman–Crippen LogP) is 1.96. The number of ether oxygens (including phenoxy) is 1. The van der Waals surface area contributed by atoms with Gasteiger partial charge in [0.15, 0.2) is 11.6 Å². The number of carbonyl (C=O) groups is 1. The van der Waals surface area contributed by atoms with E-state index in [1.165, 1.54) is 26.2 Å². The first-order valence-corrected chi connectivity index (χ1v) is 9.83. The Hall–Kier alpha value is -2.41. The van der Waals surface area contributed by atoms with Gasteiger partial charge in [-0.3, -0.25) is 4.79 Å². The molecule has 1 unspecified atom stereocenters. The number of anilines is 2. The van der Waals surface area contributed by atoms with E-state index in [1.54, 1.807) is 0 Å². The molecule has 0 bridgehead atoms. The van der Waals surface area contributed by atoms with Gasteiger partial charge in [-0.2, -0.15) is 0 Å². The molecule has 0 saturated carbocycles. The Balaban J connectivity index is 1.65. The number of hydrogen-bond donors (Lipinski definition) is 1. The Morgan fingerprint density at radius 3 is 2.41 bits per heavy atom. The van der Waals surface area contributed by atoms with Crippen LogP contribution in [-0.4, -0.2) is 61.3 Å². The summed E-state index contributed by atoms with van der Waals surface area (Å²) in [6, 6.07) is 8.05. The van der Waals surface area contributed by atoms with Crippen molar-refractivity contribution in [2.75, 3.05) is 49.1 Å². The number of amides is 1. The number of carbonyl (C=O) groups excluding carboxylic acids is 1. The van der Waals surface area contributed by atoms with Crippen LogP contribution in [0.15, 0.2) is 24.3 Å². The van der Waals surface area contributed by atoms with Crippen molar-refractivity contribution in [3.05, 3.63) is 24.3 Å². The Morgan fingerprint density at radius 1 is 1.07 bits per heavy atom. The van der Waals surface area contributed by atoms with Gasteiger partial charge in [0.25, 0.3) is 0 Å². The number of morpholine rings is 1. The Kier molecular flexibility index (Phi) is 5.38. The third-order valence-corrected chi connectivity index (χ3v) is 5.21. The van der Waals surface area contributed by atoms with Crippen molar-refractivity contribution in [1.29, 1.82) is 0 Å². The van der Waals surface area contributed by atoms with Crippen molar-refractivity contribution < 1.29 is 9.53 Å². The van der Waals surface area contributed by atoms with E-state index in [1.807, 2.05) is 24.3 Å². The molecule has 2 aliphatic rings. The SMILES string of the molecule is CC(=O)NCC1CN(c2nc3ccccc3nc2N2CCCCC2)CCO1. The Bertz CT molecular complexity index is 806. The van der Waals surface area contributed by atoms with Crippen LogP contribution in [0.5, 0.6) is 0 Å². The van der Waals surface area contributed by atoms with E-state index < -0.39 is 0 Å². The Morgan fingerprint density at radius 2 is 1.74 bits per heavy atom. The molecule has 1 aromatic carbocycles. The second-order valence-corrected chi connectivity index (χ2v) is 7.28. The molecule has 2 aliphatic heterocycles. The molecule has 2 aromatic rings. The number of nitrogens with zero attached hydrogens (tertiary/aromatic N) is 4. The van der Waals surface area contributed by atoms with Crippen LogP contribution in [0, 0.1) is 0 Å². The summed E-state index contributed by atoms with van der Waals surface area (Å²) in [6.45, 7) is 6.21. The number of hydrogen-bond acceptors (Lipinski definition) is 6. The average Bonchev–Trinajstić information content (AvgIpc) is 2.72. The van der Waals surface area contributed by atoms with Crippen LogP contribution in [0.3, 0.4) is 0 Å². The van der Waals surface area contributed by atoms with Crippen LogP contribution >= 0.6 is 0 Å². The average molecular weight is 369 g/mol. The first-order chi connectivity index (χ1) is 13.2. The molecule has 2 fully saturated rings. The minimum Gasteiger partial charge on any atom is -0.373 e. The van der Waals surface area contributed by atoms with Gasteiger partial charge >= 0.3 is 0 Å². The fraction of sp³-hybridized carbons (Fsp3) is 0.550. The van der Waals surface area contributed by atoms with Crippen LogP contribution in [0.2, 0.25) is 0 Å². The molecular weight excluding hydrogens is 342 g/mol. The second kappa shape index (κ2) is 8.08. The molecule has 0 aliphatic carbocycles. The maximum absolute atomic E-state index is 11.2. The third kappa shape index (κ3) is 4.13. The molecule has 4 rings (SSSR count). The number of rotatable bonds is 4. The molecule has 1 N–H and O–H groups in total. The summed E-state index contributed by atoms with van der Waals surface area (Å²) in [7, 11) is 0. The number of benzene rings is 1. The lowest BCUT2D eigenvalue weighted by Crippen LogP contribution is -2.48. The van der Waals surface area contributed by atoms with Gasteiger partial charge in [-0.25, -0.2) is 9.97 Å². The third-order valence-electron chi connectivity index (χ3n) is 5.21. The minimum atomic E-state index is -0.0369. The highest BCUT2D eigenvalue weighted by molar-refractivity contribution is 5.81. The summed E-state index contributed by atoms with van der Waals surface area (Å²) in [5.74, 6) is 1.88. The number of fused-ring (bicyclic) bond motifs is 1. The van der Waals surface area contributed by atoms with Crippen LogP contribution in [0.4, 0.5) is 11.6 Å². The normalized spacial score (nSPS) is 20.7. The number of para-hydroxylation sites is 2. The van der Waals surface area contributed by atoms with Gasteiger partial charge in [0, 0.05) is 39.6 Å². The highest BCUT2D eigenvalue weighted by atomic mass is 16.5. The highest BCUT2D eigenvalue weighted by Gasteiger charge is 2.27. The molecular formula is C20H27N5O2. The van der Waals surface area contributed by atoms with Crippen LogP contribution < -0.4 is 15.1 Å². The first kappa shape index (κ1) is 18.0. The molecule has 144 valence electrons. The van der Waals surface area contributed by atoms with E-state index in [0.717, 1.165) is 42.3 Å². The van der Waals surface area contributed by atoms with Gasteiger partial charge in [-0.15, -0.1) is 0 Å². The maximum Gasteiger partial charge on any atom is 0.216 e. The molecule has 0 radical (unpaired) electrons. The van der Waals surface area contributed by atoms with E-state index in [4.69, 9.17) is 14.7 Å². The number of aromatic nitrogens is 2. The molecule has 3 heterocycles. The Labute approximate surface area is 159 Å². The van der Waals surface area contributed by atoms with Gasteiger partial charge in [0.1, 0.15) is 0 Å². The number of nitrogens with one attached hydrogen (secondary N) is 1. The fourth-order valence-corrected chi connectivity index (χ4v) is 3.80. The summed E-state index contributed by atoms with van der Waals surface area (Å²) >= 11 is 0. The second-order valence-electron chi connectivity index (χ2n) is 7.28. The monoisotopic (exact) mass is 369 g/mol. The summed E-state index contributed by atoms with van der Waals surface area (Å²) in [5, 5.41) is 2.86.